The molecule has 0 saturated heterocycles. The maximum Gasteiger partial charge on any atom is 0.0280 e. The first-order chi connectivity index (χ1) is 5.55. The van der Waals surface area contributed by atoms with Crippen LogP contribution in [0, 0.1) is 0 Å². The average molecular weight is 167 g/mol. The third-order valence-corrected chi connectivity index (χ3v) is 2.58. The van der Waals surface area contributed by atoms with E-state index in [0.29, 0.717) is 11.6 Å². The maximum absolute atomic E-state index is 2.59. The standard InChI is InChI=1S/C11H21N/c1-5-10-8-6-7-9-12(10)11(2,3)4/h6,8,10H,5,7,9H2,1-4H3. The molecule has 0 aromatic carbocycles. The van der Waals surface area contributed by atoms with Crippen LogP contribution in [0.4, 0.5) is 0 Å². The molecule has 0 saturated carbocycles. The van der Waals surface area contributed by atoms with Crippen molar-refractivity contribution in [2.75, 3.05) is 6.54 Å². The highest BCUT2D eigenvalue weighted by Gasteiger charge is 2.27. The molecule has 0 fully saturated rings. The number of hydrogen-bond donors (Lipinski definition) is 0. The van der Waals surface area contributed by atoms with E-state index in [1.807, 2.05) is 0 Å². The molecule has 12 heavy (non-hydrogen) atoms. The zero-order valence-corrected chi connectivity index (χ0v) is 8.80. The molecule has 0 amide bonds. The molecule has 1 nitrogen and oxygen atoms in total. The summed E-state index contributed by atoms with van der Waals surface area (Å²) in [5, 5.41) is 0. The van der Waals surface area contributed by atoms with Gasteiger partial charge in [0.1, 0.15) is 0 Å². The molecule has 1 aliphatic rings. The second-order valence-electron chi connectivity index (χ2n) is 4.56. The van der Waals surface area contributed by atoms with Crippen LogP contribution in [0.5, 0.6) is 0 Å². The molecule has 1 aliphatic heterocycles. The highest BCUT2D eigenvalue weighted by molar-refractivity contribution is 5.02. The van der Waals surface area contributed by atoms with Gasteiger partial charge in [-0.05, 0) is 33.6 Å². The van der Waals surface area contributed by atoms with Gasteiger partial charge >= 0.3 is 0 Å². The first kappa shape index (κ1) is 9.79. The third-order valence-electron chi connectivity index (χ3n) is 2.58. The number of hydrogen-bond acceptors (Lipinski definition) is 1. The Bertz CT molecular complexity index is 164. The van der Waals surface area contributed by atoms with E-state index in [1.54, 1.807) is 0 Å². The van der Waals surface area contributed by atoms with Crippen LogP contribution in [0.15, 0.2) is 12.2 Å². The molecule has 70 valence electrons. The largest absolute Gasteiger partial charge is 0.292 e. The van der Waals surface area contributed by atoms with Gasteiger partial charge in [-0.25, -0.2) is 0 Å². The van der Waals surface area contributed by atoms with Crippen LogP contribution in [0.25, 0.3) is 0 Å². The quantitative estimate of drug-likeness (QED) is 0.543. The van der Waals surface area contributed by atoms with Crippen molar-refractivity contribution in [3.05, 3.63) is 12.2 Å². The van der Waals surface area contributed by atoms with Gasteiger partial charge in [0.05, 0.1) is 0 Å². The Balaban J connectivity index is 2.69. The Labute approximate surface area is 76.5 Å². The van der Waals surface area contributed by atoms with Crippen LogP contribution in [-0.4, -0.2) is 23.0 Å². The Morgan fingerprint density at radius 1 is 1.42 bits per heavy atom. The van der Waals surface area contributed by atoms with E-state index < -0.39 is 0 Å². The molecule has 0 aromatic heterocycles. The molecule has 1 unspecified atom stereocenters. The highest BCUT2D eigenvalue weighted by atomic mass is 15.2. The van der Waals surface area contributed by atoms with Gasteiger partial charge in [0, 0.05) is 18.1 Å². The van der Waals surface area contributed by atoms with E-state index in [9.17, 15) is 0 Å². The number of nitrogens with zero attached hydrogens (tertiary/aromatic N) is 1. The van der Waals surface area contributed by atoms with Crippen LogP contribution < -0.4 is 0 Å². The van der Waals surface area contributed by atoms with Crippen molar-refractivity contribution in [1.82, 2.24) is 4.90 Å². The minimum absolute atomic E-state index is 0.325. The molecular weight excluding hydrogens is 146 g/mol. The molecule has 0 bridgehead atoms. The second-order valence-corrected chi connectivity index (χ2v) is 4.56. The summed E-state index contributed by atoms with van der Waals surface area (Å²) in [6.45, 7) is 10.4. The fourth-order valence-corrected chi connectivity index (χ4v) is 1.93. The number of rotatable bonds is 1. The molecule has 0 N–H and O–H groups in total. The van der Waals surface area contributed by atoms with Crippen LogP contribution in [0.3, 0.4) is 0 Å². The van der Waals surface area contributed by atoms with Crippen molar-refractivity contribution >= 4 is 0 Å². The van der Waals surface area contributed by atoms with Gasteiger partial charge in [-0.3, -0.25) is 4.90 Å². The first-order valence-corrected chi connectivity index (χ1v) is 4.99. The van der Waals surface area contributed by atoms with Crippen molar-refractivity contribution in [2.24, 2.45) is 0 Å². The highest BCUT2D eigenvalue weighted by Crippen LogP contribution is 2.22. The Morgan fingerprint density at radius 3 is 2.50 bits per heavy atom. The van der Waals surface area contributed by atoms with E-state index in [1.165, 1.54) is 19.4 Å². The van der Waals surface area contributed by atoms with Gasteiger partial charge in [-0.2, -0.15) is 0 Å². The van der Waals surface area contributed by atoms with Crippen LogP contribution in [-0.2, 0) is 0 Å². The minimum atomic E-state index is 0.325. The fourth-order valence-electron chi connectivity index (χ4n) is 1.93. The molecular formula is C11H21N. The van der Waals surface area contributed by atoms with Crippen LogP contribution in [0.2, 0.25) is 0 Å². The molecule has 1 heterocycles. The molecule has 0 radical (unpaired) electrons. The van der Waals surface area contributed by atoms with Gasteiger partial charge in [0.2, 0.25) is 0 Å². The van der Waals surface area contributed by atoms with Gasteiger partial charge in [-0.15, -0.1) is 0 Å². The fraction of sp³-hybridized carbons (Fsp3) is 0.818. The minimum Gasteiger partial charge on any atom is -0.292 e. The van der Waals surface area contributed by atoms with Gasteiger partial charge in [0.15, 0.2) is 0 Å². The summed E-state index contributed by atoms with van der Waals surface area (Å²) in [5.74, 6) is 0. The van der Waals surface area contributed by atoms with E-state index in [2.05, 4.69) is 44.7 Å². The van der Waals surface area contributed by atoms with Gasteiger partial charge < -0.3 is 0 Å². The lowest BCUT2D eigenvalue weighted by atomic mass is 9.98. The van der Waals surface area contributed by atoms with Gasteiger partial charge in [-0.1, -0.05) is 19.1 Å². The third kappa shape index (κ3) is 2.10. The predicted molar refractivity (Wildman–Crippen MR) is 54.3 cm³/mol. The summed E-state index contributed by atoms with van der Waals surface area (Å²) in [6.07, 6.45) is 7.12. The van der Waals surface area contributed by atoms with Gasteiger partial charge in [0.25, 0.3) is 0 Å². The predicted octanol–water partition coefficient (Wildman–Crippen LogP) is 2.83. The Morgan fingerprint density at radius 2 is 2.08 bits per heavy atom. The molecule has 0 aromatic rings. The second kappa shape index (κ2) is 3.61. The molecule has 1 rings (SSSR count). The molecule has 1 heteroatoms. The van der Waals surface area contributed by atoms with E-state index in [4.69, 9.17) is 0 Å². The monoisotopic (exact) mass is 167 g/mol. The normalized spacial score (nSPS) is 26.2. The summed E-state index contributed by atoms with van der Waals surface area (Å²) in [5.41, 5.74) is 0.325. The van der Waals surface area contributed by atoms with E-state index in [-0.39, 0.29) is 0 Å². The molecule has 0 spiro atoms. The zero-order chi connectivity index (χ0) is 9.19. The lowest BCUT2D eigenvalue weighted by Gasteiger charge is -2.42. The molecule has 1 atom stereocenters. The lowest BCUT2D eigenvalue weighted by molar-refractivity contribution is 0.0979. The average Bonchev–Trinajstić information content (AvgIpc) is 2.03. The summed E-state index contributed by atoms with van der Waals surface area (Å²) >= 11 is 0. The van der Waals surface area contributed by atoms with Crippen molar-refractivity contribution in [1.29, 1.82) is 0 Å². The van der Waals surface area contributed by atoms with E-state index in [0.717, 1.165) is 0 Å². The summed E-state index contributed by atoms with van der Waals surface area (Å²) in [7, 11) is 0. The van der Waals surface area contributed by atoms with Crippen molar-refractivity contribution < 1.29 is 0 Å². The summed E-state index contributed by atoms with van der Waals surface area (Å²) in [6, 6.07) is 0.666. The van der Waals surface area contributed by atoms with Crippen molar-refractivity contribution in [3.63, 3.8) is 0 Å². The van der Waals surface area contributed by atoms with Crippen LogP contribution >= 0.6 is 0 Å². The summed E-state index contributed by atoms with van der Waals surface area (Å²) < 4.78 is 0. The van der Waals surface area contributed by atoms with Crippen molar-refractivity contribution in [2.45, 2.75) is 52.1 Å². The Kier molecular flexibility index (Phi) is 2.94. The van der Waals surface area contributed by atoms with Crippen LogP contribution in [0.1, 0.15) is 40.5 Å². The topological polar surface area (TPSA) is 3.24 Å². The smallest absolute Gasteiger partial charge is 0.0280 e. The maximum atomic E-state index is 2.59. The SMILES string of the molecule is CCC1C=CCCN1C(C)(C)C. The Hall–Kier alpha value is -0.300. The van der Waals surface area contributed by atoms with Crippen molar-refractivity contribution in [3.8, 4) is 0 Å². The molecule has 0 aliphatic carbocycles. The van der Waals surface area contributed by atoms with E-state index >= 15 is 0 Å². The summed E-state index contributed by atoms with van der Waals surface area (Å²) in [4.78, 5) is 2.59. The zero-order valence-electron chi connectivity index (χ0n) is 8.80. The first-order valence-electron chi connectivity index (χ1n) is 4.99. The lowest BCUT2D eigenvalue weighted by Crippen LogP contribution is -2.48.